The van der Waals surface area contributed by atoms with Gasteiger partial charge in [0.25, 0.3) is 0 Å². The highest BCUT2D eigenvalue weighted by molar-refractivity contribution is 7.91. The SMILES string of the molecule is CCS(=O)(=O)c1cc(-c2ccc(C3CC3)cc2)cnc1-c1nc2cc(OCC(F)(F)F)nnc2n1C. The van der Waals surface area contributed by atoms with Crippen molar-refractivity contribution in [3.63, 3.8) is 0 Å². The van der Waals surface area contributed by atoms with Crippen molar-refractivity contribution < 1.29 is 26.3 Å². The number of rotatable bonds is 7. The van der Waals surface area contributed by atoms with Crippen LogP contribution in [0.4, 0.5) is 13.2 Å². The molecule has 8 nitrogen and oxygen atoms in total. The lowest BCUT2D eigenvalue weighted by molar-refractivity contribution is -0.154. The van der Waals surface area contributed by atoms with Gasteiger partial charge in [0.05, 0.1) is 10.6 Å². The molecule has 12 heteroatoms. The summed E-state index contributed by atoms with van der Waals surface area (Å²) in [6, 6.07) is 10.8. The van der Waals surface area contributed by atoms with E-state index in [1.165, 1.54) is 29.0 Å². The number of aromatic nitrogens is 5. The topological polar surface area (TPSA) is 99.9 Å². The molecule has 0 unspecified atom stereocenters. The van der Waals surface area contributed by atoms with Crippen LogP contribution in [0.1, 0.15) is 31.2 Å². The monoisotopic (exact) mass is 517 g/mol. The quantitative estimate of drug-likeness (QED) is 0.350. The Bertz CT molecular complexity index is 1550. The van der Waals surface area contributed by atoms with Gasteiger partial charge in [0.2, 0.25) is 5.88 Å². The van der Waals surface area contributed by atoms with Gasteiger partial charge < -0.3 is 9.30 Å². The highest BCUT2D eigenvalue weighted by atomic mass is 32.2. The lowest BCUT2D eigenvalue weighted by Gasteiger charge is -2.11. The highest BCUT2D eigenvalue weighted by Gasteiger charge is 2.29. The molecular formula is C24H22F3N5O3S. The molecule has 0 amide bonds. The van der Waals surface area contributed by atoms with Crippen LogP contribution < -0.4 is 4.74 Å². The maximum absolute atomic E-state index is 13.1. The number of aryl methyl sites for hydroxylation is 1. The van der Waals surface area contributed by atoms with Gasteiger partial charge >= 0.3 is 6.18 Å². The number of ether oxygens (including phenoxy) is 1. The fourth-order valence-electron chi connectivity index (χ4n) is 3.93. The summed E-state index contributed by atoms with van der Waals surface area (Å²) >= 11 is 0. The summed E-state index contributed by atoms with van der Waals surface area (Å²) in [5.41, 5.74) is 3.31. The highest BCUT2D eigenvalue weighted by Crippen LogP contribution is 2.40. The molecule has 3 aromatic heterocycles. The van der Waals surface area contributed by atoms with Gasteiger partial charge in [-0.1, -0.05) is 31.2 Å². The third-order valence-electron chi connectivity index (χ3n) is 6.05. The summed E-state index contributed by atoms with van der Waals surface area (Å²) in [5, 5.41) is 7.58. The van der Waals surface area contributed by atoms with E-state index >= 15 is 0 Å². The Labute approximate surface area is 205 Å². The van der Waals surface area contributed by atoms with E-state index in [2.05, 4.69) is 37.0 Å². The average molecular weight is 518 g/mol. The van der Waals surface area contributed by atoms with Crippen molar-refractivity contribution in [1.29, 1.82) is 0 Å². The molecule has 1 aliphatic rings. The van der Waals surface area contributed by atoms with Crippen LogP contribution >= 0.6 is 0 Å². The van der Waals surface area contributed by atoms with Gasteiger partial charge in [0, 0.05) is 24.9 Å². The summed E-state index contributed by atoms with van der Waals surface area (Å²) in [6.45, 7) is 0.0251. The third-order valence-corrected chi connectivity index (χ3v) is 7.79. The van der Waals surface area contributed by atoms with E-state index in [-0.39, 0.29) is 39.2 Å². The van der Waals surface area contributed by atoms with Crippen LogP contribution in [0.2, 0.25) is 0 Å². The van der Waals surface area contributed by atoms with E-state index in [1.54, 1.807) is 26.2 Å². The molecule has 1 aliphatic carbocycles. The van der Waals surface area contributed by atoms with Crippen LogP contribution in [0.15, 0.2) is 47.5 Å². The number of nitrogens with zero attached hydrogens (tertiary/aromatic N) is 5. The lowest BCUT2D eigenvalue weighted by Crippen LogP contribution is -2.19. The Hall–Kier alpha value is -3.54. The number of fused-ring (bicyclic) bond motifs is 1. The van der Waals surface area contributed by atoms with Gasteiger partial charge in [-0.2, -0.15) is 13.2 Å². The van der Waals surface area contributed by atoms with Crippen LogP contribution in [-0.4, -0.2) is 51.7 Å². The predicted molar refractivity (Wildman–Crippen MR) is 126 cm³/mol. The summed E-state index contributed by atoms with van der Waals surface area (Å²) in [4.78, 5) is 8.88. The largest absolute Gasteiger partial charge is 0.467 e. The first kappa shape index (κ1) is 24.2. The molecule has 0 radical (unpaired) electrons. The van der Waals surface area contributed by atoms with E-state index in [9.17, 15) is 21.6 Å². The summed E-state index contributed by atoms with van der Waals surface area (Å²) in [7, 11) is -2.11. The second kappa shape index (κ2) is 8.84. The number of sulfone groups is 1. The molecule has 188 valence electrons. The number of hydrogen-bond donors (Lipinski definition) is 0. The molecule has 0 atom stereocenters. The number of halogens is 3. The molecule has 3 heterocycles. The van der Waals surface area contributed by atoms with Crippen LogP contribution in [0.5, 0.6) is 5.88 Å². The van der Waals surface area contributed by atoms with Crippen molar-refractivity contribution >= 4 is 21.0 Å². The molecular weight excluding hydrogens is 495 g/mol. The molecule has 1 saturated carbocycles. The fourth-order valence-corrected chi connectivity index (χ4v) is 4.99. The van der Waals surface area contributed by atoms with Crippen LogP contribution in [0, 0.1) is 0 Å². The zero-order valence-electron chi connectivity index (χ0n) is 19.5. The van der Waals surface area contributed by atoms with Crippen LogP contribution in [0.25, 0.3) is 33.8 Å². The van der Waals surface area contributed by atoms with Crippen LogP contribution in [0.3, 0.4) is 0 Å². The first-order valence-corrected chi connectivity index (χ1v) is 12.9. The minimum absolute atomic E-state index is 0.00804. The van der Waals surface area contributed by atoms with E-state index in [1.807, 2.05) is 12.1 Å². The maximum Gasteiger partial charge on any atom is 0.422 e. The van der Waals surface area contributed by atoms with Crippen molar-refractivity contribution in [2.45, 2.75) is 36.8 Å². The van der Waals surface area contributed by atoms with Gasteiger partial charge in [-0.25, -0.2) is 13.4 Å². The second-order valence-corrected chi connectivity index (χ2v) is 10.9. The lowest BCUT2D eigenvalue weighted by atomic mass is 10.0. The van der Waals surface area contributed by atoms with Gasteiger partial charge in [-0.3, -0.25) is 4.98 Å². The summed E-state index contributed by atoms with van der Waals surface area (Å²) in [5.74, 6) is 0.305. The number of alkyl halides is 3. The van der Waals surface area contributed by atoms with Crippen molar-refractivity contribution in [2.75, 3.05) is 12.4 Å². The molecule has 36 heavy (non-hydrogen) atoms. The van der Waals surface area contributed by atoms with Gasteiger partial charge in [-0.15, -0.1) is 10.2 Å². The number of benzene rings is 1. The molecule has 0 saturated heterocycles. The van der Waals surface area contributed by atoms with E-state index in [0.29, 0.717) is 11.5 Å². The van der Waals surface area contributed by atoms with Gasteiger partial charge in [0.15, 0.2) is 27.9 Å². The van der Waals surface area contributed by atoms with Crippen molar-refractivity contribution in [3.8, 4) is 28.5 Å². The van der Waals surface area contributed by atoms with E-state index < -0.39 is 22.6 Å². The fraction of sp³-hybridized carbons (Fsp3) is 0.333. The Balaban J connectivity index is 1.57. The predicted octanol–water partition coefficient (Wildman–Crippen LogP) is 4.70. The Morgan fingerprint density at radius 3 is 2.44 bits per heavy atom. The molecule has 5 rings (SSSR count). The van der Waals surface area contributed by atoms with Gasteiger partial charge in [0.1, 0.15) is 11.2 Å². The summed E-state index contributed by atoms with van der Waals surface area (Å²) < 4.78 is 69.7. The average Bonchev–Trinajstić information content (AvgIpc) is 3.66. The second-order valence-electron chi connectivity index (χ2n) is 8.66. The summed E-state index contributed by atoms with van der Waals surface area (Å²) in [6.07, 6.45) is -0.572. The molecule has 4 aromatic rings. The number of hydrogen-bond acceptors (Lipinski definition) is 7. The van der Waals surface area contributed by atoms with Crippen molar-refractivity contribution in [1.82, 2.24) is 24.7 Å². The minimum atomic E-state index is -4.53. The van der Waals surface area contributed by atoms with Gasteiger partial charge in [-0.05, 0) is 36.0 Å². The first-order valence-electron chi connectivity index (χ1n) is 11.3. The molecule has 0 N–H and O–H groups in total. The normalized spacial score (nSPS) is 14.4. The maximum atomic E-state index is 13.1. The smallest absolute Gasteiger partial charge is 0.422 e. The molecule has 1 aromatic carbocycles. The Morgan fingerprint density at radius 2 is 1.81 bits per heavy atom. The zero-order chi connectivity index (χ0) is 25.7. The zero-order valence-corrected chi connectivity index (χ0v) is 20.3. The standard InChI is InChI=1S/C24H22F3N5O3S/c1-3-36(33,34)19-10-17(16-8-6-15(7-9-16)14-4-5-14)12-28-21(19)23-29-18-11-20(35-13-24(25,26)27)30-31-22(18)32(23)2/h6-12,14H,3-5,13H2,1-2H3. The van der Waals surface area contributed by atoms with Crippen molar-refractivity contribution in [2.24, 2.45) is 7.05 Å². The minimum Gasteiger partial charge on any atom is -0.467 e. The van der Waals surface area contributed by atoms with E-state index in [0.717, 1.165) is 5.56 Å². The first-order chi connectivity index (χ1) is 17.1. The van der Waals surface area contributed by atoms with Crippen molar-refractivity contribution in [3.05, 3.63) is 48.2 Å². The molecule has 1 fully saturated rings. The number of imidazole rings is 1. The molecule has 0 aliphatic heterocycles. The third kappa shape index (κ3) is 4.77. The number of pyridine rings is 1. The van der Waals surface area contributed by atoms with Crippen LogP contribution in [-0.2, 0) is 16.9 Å². The molecule has 0 spiro atoms. The van der Waals surface area contributed by atoms with E-state index in [4.69, 9.17) is 0 Å². The molecule has 0 bridgehead atoms. The Kier molecular flexibility index (Phi) is 5.93. The Morgan fingerprint density at radius 1 is 1.08 bits per heavy atom.